The zero-order chi connectivity index (χ0) is 31.1. The Morgan fingerprint density at radius 1 is 1.02 bits per heavy atom. The Bertz CT molecular complexity index is 1440. The Morgan fingerprint density at radius 2 is 1.72 bits per heavy atom. The fourth-order valence-electron chi connectivity index (χ4n) is 5.17. The zero-order valence-electron chi connectivity index (χ0n) is 25.8. The van der Waals surface area contributed by atoms with Gasteiger partial charge in [0, 0.05) is 22.1 Å². The number of aliphatic imine (C=N–C) groups is 1. The smallest absolute Gasteiger partial charge is 0.347 e. The highest BCUT2D eigenvalue weighted by molar-refractivity contribution is 9.10. The van der Waals surface area contributed by atoms with Gasteiger partial charge in [-0.1, -0.05) is 67.0 Å². The lowest BCUT2D eigenvalue weighted by atomic mass is 9.77. The van der Waals surface area contributed by atoms with Crippen LogP contribution in [-0.4, -0.2) is 49.0 Å². The van der Waals surface area contributed by atoms with Crippen LogP contribution in [0.1, 0.15) is 70.2 Å². The quantitative estimate of drug-likeness (QED) is 0.147. The minimum Gasteiger partial charge on any atom is -0.497 e. The van der Waals surface area contributed by atoms with Crippen molar-refractivity contribution in [2.75, 3.05) is 20.3 Å². The van der Waals surface area contributed by atoms with E-state index in [0.717, 1.165) is 38.4 Å². The number of fused-ring (bicyclic) bond motifs is 1. The first-order valence-electron chi connectivity index (χ1n) is 14.8. The van der Waals surface area contributed by atoms with Gasteiger partial charge in [-0.25, -0.2) is 9.79 Å². The fourth-order valence-corrected chi connectivity index (χ4v) is 5.55. The predicted molar refractivity (Wildman–Crippen MR) is 173 cm³/mol. The van der Waals surface area contributed by atoms with E-state index < -0.39 is 17.5 Å². The van der Waals surface area contributed by atoms with Crippen LogP contribution in [0.3, 0.4) is 0 Å². The molecule has 3 aromatic carbocycles. The first-order chi connectivity index (χ1) is 20.6. The fraction of sp³-hybridized carbons (Fsp3) is 0.400. The van der Waals surface area contributed by atoms with Gasteiger partial charge in [-0.05, 0) is 80.6 Å². The molecule has 8 heteroatoms. The van der Waals surface area contributed by atoms with Gasteiger partial charge in [0.1, 0.15) is 11.6 Å². The highest BCUT2D eigenvalue weighted by Crippen LogP contribution is 2.42. The molecule has 0 radical (unpaired) electrons. The molecular weight excluding hydrogens is 608 g/mol. The van der Waals surface area contributed by atoms with Crippen LogP contribution >= 0.6 is 15.9 Å². The van der Waals surface area contributed by atoms with Gasteiger partial charge in [0.05, 0.1) is 30.9 Å². The molecule has 3 unspecified atom stereocenters. The van der Waals surface area contributed by atoms with Gasteiger partial charge in [0.25, 0.3) is 0 Å². The third-order valence-corrected chi connectivity index (χ3v) is 8.93. The van der Waals surface area contributed by atoms with E-state index in [1.807, 2.05) is 82.3 Å². The lowest BCUT2D eigenvalue weighted by Crippen LogP contribution is -2.40. The lowest BCUT2D eigenvalue weighted by Gasteiger charge is -2.39. The van der Waals surface area contributed by atoms with Crippen LogP contribution in [0.15, 0.2) is 82.3 Å². The topological polar surface area (TPSA) is 77.4 Å². The molecule has 0 saturated carbocycles. The number of esters is 2. The van der Waals surface area contributed by atoms with Crippen LogP contribution in [-0.2, 0) is 19.1 Å². The molecule has 0 N–H and O–H groups in total. The van der Waals surface area contributed by atoms with Crippen LogP contribution in [0.2, 0.25) is 0 Å². The van der Waals surface area contributed by atoms with E-state index >= 15 is 0 Å². The number of nitrogens with zero attached hydrogens (tertiary/aromatic N) is 2. The maximum absolute atomic E-state index is 12.8. The third kappa shape index (κ3) is 7.29. The highest BCUT2D eigenvalue weighted by Gasteiger charge is 2.38. The molecule has 1 aliphatic heterocycles. The van der Waals surface area contributed by atoms with Crippen molar-refractivity contribution in [3.63, 3.8) is 0 Å². The van der Waals surface area contributed by atoms with Crippen molar-refractivity contribution >= 4 is 39.4 Å². The number of rotatable bonds is 12. The summed E-state index contributed by atoms with van der Waals surface area (Å²) in [6.07, 6.45) is 0.193. The van der Waals surface area contributed by atoms with E-state index in [1.165, 1.54) is 0 Å². The largest absolute Gasteiger partial charge is 0.497 e. The molecule has 1 aliphatic rings. The zero-order valence-corrected chi connectivity index (χ0v) is 27.4. The second kappa shape index (κ2) is 14.2. The van der Waals surface area contributed by atoms with Crippen molar-refractivity contribution in [1.29, 1.82) is 0 Å². The van der Waals surface area contributed by atoms with E-state index in [-0.39, 0.29) is 24.5 Å². The molecule has 228 valence electrons. The second-order valence-corrected chi connectivity index (χ2v) is 12.3. The highest BCUT2D eigenvalue weighted by atomic mass is 79.9. The van der Waals surface area contributed by atoms with Gasteiger partial charge in [-0.2, -0.15) is 0 Å². The summed E-state index contributed by atoms with van der Waals surface area (Å²) in [6.45, 7) is 10.1. The molecular formula is C35H41BrN2O5. The molecule has 3 atom stereocenters. The maximum Gasteiger partial charge on any atom is 0.347 e. The van der Waals surface area contributed by atoms with E-state index in [0.29, 0.717) is 19.4 Å². The summed E-state index contributed by atoms with van der Waals surface area (Å²) in [5, 5.41) is 0. The van der Waals surface area contributed by atoms with Crippen molar-refractivity contribution in [3.8, 4) is 5.75 Å². The second-order valence-electron chi connectivity index (χ2n) is 11.4. The standard InChI is InChI=1S/C35H41BrN2O5/c1-7-35(5,23(2)3)34(40)43-24(4)33(39)42-21-11-20-38-31(25-12-9-8-10-13-25)29-22-27(36)16-19-30(29)37-32(38)26-14-17-28(41-6)18-15-26/h8-10,12-19,22-24,31H,7,11,20-21H2,1-6H3. The number of amidine groups is 1. The maximum atomic E-state index is 12.8. The molecule has 43 heavy (non-hydrogen) atoms. The lowest BCUT2D eigenvalue weighted by molar-refractivity contribution is -0.175. The van der Waals surface area contributed by atoms with Crippen molar-refractivity contribution in [2.24, 2.45) is 16.3 Å². The summed E-state index contributed by atoms with van der Waals surface area (Å²) in [6, 6.07) is 24.2. The Balaban J connectivity index is 1.54. The van der Waals surface area contributed by atoms with Gasteiger partial charge < -0.3 is 19.1 Å². The van der Waals surface area contributed by atoms with E-state index in [2.05, 4.69) is 39.0 Å². The van der Waals surface area contributed by atoms with E-state index in [9.17, 15) is 9.59 Å². The van der Waals surface area contributed by atoms with Crippen LogP contribution < -0.4 is 4.74 Å². The Labute approximate surface area is 263 Å². The number of ether oxygens (including phenoxy) is 3. The summed E-state index contributed by atoms with van der Waals surface area (Å²) in [4.78, 5) is 33.0. The average Bonchev–Trinajstić information content (AvgIpc) is 3.02. The average molecular weight is 650 g/mol. The van der Waals surface area contributed by atoms with E-state index in [1.54, 1.807) is 14.0 Å². The molecule has 0 aliphatic carbocycles. The van der Waals surface area contributed by atoms with Crippen molar-refractivity contribution in [1.82, 2.24) is 4.90 Å². The molecule has 0 spiro atoms. The SMILES string of the molecule is CCC(C)(C(=O)OC(C)C(=O)OCCCN1C(c2ccc(OC)cc2)=Nc2ccc(Br)cc2C1c1ccccc1)C(C)C. The van der Waals surface area contributed by atoms with Crippen LogP contribution in [0.5, 0.6) is 5.75 Å². The monoisotopic (exact) mass is 648 g/mol. The molecule has 1 heterocycles. The number of benzene rings is 3. The molecule has 4 rings (SSSR count). The number of hydrogen-bond donors (Lipinski definition) is 0. The minimum atomic E-state index is -0.982. The number of halogens is 1. The first kappa shape index (κ1) is 32.3. The Morgan fingerprint density at radius 3 is 2.35 bits per heavy atom. The molecule has 0 fully saturated rings. The molecule has 3 aromatic rings. The molecule has 0 bridgehead atoms. The molecule has 0 aromatic heterocycles. The number of carbonyl (C=O) groups is 2. The van der Waals surface area contributed by atoms with Gasteiger partial charge in [0.2, 0.25) is 0 Å². The minimum absolute atomic E-state index is 0.0858. The molecule has 0 saturated heterocycles. The van der Waals surface area contributed by atoms with Gasteiger partial charge in [-0.3, -0.25) is 4.79 Å². The Kier molecular flexibility index (Phi) is 10.7. The van der Waals surface area contributed by atoms with Crippen LogP contribution in [0.4, 0.5) is 5.69 Å². The summed E-state index contributed by atoms with van der Waals surface area (Å²) in [7, 11) is 1.65. The summed E-state index contributed by atoms with van der Waals surface area (Å²) >= 11 is 3.65. The summed E-state index contributed by atoms with van der Waals surface area (Å²) in [5.41, 5.74) is 3.42. The van der Waals surface area contributed by atoms with Crippen molar-refractivity contribution in [2.45, 2.75) is 59.6 Å². The number of carbonyl (C=O) groups excluding carboxylic acids is 2. The van der Waals surface area contributed by atoms with Gasteiger partial charge in [0.15, 0.2) is 6.10 Å². The van der Waals surface area contributed by atoms with Gasteiger partial charge >= 0.3 is 11.9 Å². The normalized spacial score (nSPS) is 16.5. The third-order valence-electron chi connectivity index (χ3n) is 8.44. The molecule has 7 nitrogen and oxygen atoms in total. The van der Waals surface area contributed by atoms with Crippen LogP contribution in [0, 0.1) is 11.3 Å². The number of hydrogen-bond acceptors (Lipinski definition) is 7. The summed E-state index contributed by atoms with van der Waals surface area (Å²) < 4.78 is 17.5. The first-order valence-corrected chi connectivity index (χ1v) is 15.6. The number of methoxy groups -OCH3 is 1. The summed E-state index contributed by atoms with van der Waals surface area (Å²) in [5.74, 6) is 0.755. The van der Waals surface area contributed by atoms with E-state index in [4.69, 9.17) is 19.2 Å². The molecule has 0 amide bonds. The van der Waals surface area contributed by atoms with Gasteiger partial charge in [-0.15, -0.1) is 0 Å². The van der Waals surface area contributed by atoms with Crippen LogP contribution in [0.25, 0.3) is 0 Å². The Hall–Kier alpha value is -3.65. The van der Waals surface area contributed by atoms with Crippen molar-refractivity contribution in [3.05, 3.63) is 94.0 Å². The predicted octanol–water partition coefficient (Wildman–Crippen LogP) is 7.88. The van der Waals surface area contributed by atoms with Crippen molar-refractivity contribution < 1.29 is 23.8 Å².